The van der Waals surface area contributed by atoms with Crippen molar-refractivity contribution in [3.63, 3.8) is 0 Å². The number of nitrogens with zero attached hydrogens (tertiary/aromatic N) is 1. The molecule has 4 bridgehead atoms. The number of benzene rings is 3. The van der Waals surface area contributed by atoms with Gasteiger partial charge in [-0.1, -0.05) is 36.4 Å². The Hall–Kier alpha value is -4.79. The van der Waals surface area contributed by atoms with Gasteiger partial charge in [0, 0.05) is 42.6 Å². The van der Waals surface area contributed by atoms with Gasteiger partial charge in [-0.05, 0) is 55.3 Å². The summed E-state index contributed by atoms with van der Waals surface area (Å²) in [6.45, 7) is 4.61. The number of fused-ring (bicyclic) bond motifs is 8. The molecule has 9 nitrogen and oxygen atoms in total. The van der Waals surface area contributed by atoms with Crippen LogP contribution < -0.4 is 20.1 Å². The first kappa shape index (κ1) is 26.4. The zero-order chi connectivity index (χ0) is 28.5. The number of ether oxygens (including phenoxy) is 2. The van der Waals surface area contributed by atoms with Gasteiger partial charge >= 0.3 is 0 Å². The molecule has 0 saturated carbocycles. The minimum Gasteiger partial charge on any atom is -0.488 e. The molecule has 1 aromatic heterocycles. The maximum absolute atomic E-state index is 13.6. The quantitative estimate of drug-likeness (QED) is 0.367. The first-order chi connectivity index (χ1) is 19.9. The third-order valence-electron chi connectivity index (χ3n) is 7.70. The average molecular weight is 554 g/mol. The van der Waals surface area contributed by atoms with E-state index < -0.39 is 6.04 Å². The van der Waals surface area contributed by atoms with Crippen LogP contribution in [-0.2, 0) is 11.3 Å². The summed E-state index contributed by atoms with van der Waals surface area (Å²) in [6, 6.07) is 19.7. The van der Waals surface area contributed by atoms with Crippen LogP contribution >= 0.6 is 0 Å². The second-order valence-corrected chi connectivity index (χ2v) is 10.5. The van der Waals surface area contributed by atoms with E-state index >= 15 is 0 Å². The molecule has 7 rings (SSSR count). The van der Waals surface area contributed by atoms with Gasteiger partial charge in [0.2, 0.25) is 0 Å². The average Bonchev–Trinajstić information content (AvgIpc) is 3.32. The van der Waals surface area contributed by atoms with Crippen LogP contribution in [0.3, 0.4) is 0 Å². The summed E-state index contributed by atoms with van der Waals surface area (Å²) in [5, 5.41) is 6.85. The van der Waals surface area contributed by atoms with E-state index in [0.29, 0.717) is 47.9 Å². The summed E-state index contributed by atoms with van der Waals surface area (Å²) in [7, 11) is 0. The number of hydrogen-bond donors (Lipinski definition) is 2. The first-order valence-corrected chi connectivity index (χ1v) is 13.7. The van der Waals surface area contributed by atoms with E-state index in [2.05, 4.69) is 10.6 Å². The minimum absolute atomic E-state index is 0.171. The third kappa shape index (κ3) is 5.48. The Morgan fingerprint density at radius 3 is 2.61 bits per heavy atom. The van der Waals surface area contributed by atoms with Gasteiger partial charge in [0.05, 0.1) is 6.04 Å². The van der Waals surface area contributed by atoms with Gasteiger partial charge in [-0.15, -0.1) is 0 Å². The number of likely N-dealkylation sites (tertiary alicyclic amines) is 1. The Balaban J connectivity index is 1.30. The second-order valence-electron chi connectivity index (χ2n) is 10.5. The third-order valence-corrected chi connectivity index (χ3v) is 7.70. The molecule has 0 radical (unpaired) electrons. The van der Waals surface area contributed by atoms with Crippen molar-refractivity contribution in [2.24, 2.45) is 0 Å². The normalized spacial score (nSPS) is 19.4. The fraction of sp³-hybridized carbons (Fsp3) is 0.281. The van der Waals surface area contributed by atoms with Crippen molar-refractivity contribution in [1.82, 2.24) is 15.5 Å². The number of piperidine rings is 1. The molecular formula is C32H31N3O6. The summed E-state index contributed by atoms with van der Waals surface area (Å²) in [5.41, 5.74) is 3.56. The highest BCUT2D eigenvalue weighted by Gasteiger charge is 2.36. The molecule has 3 aromatic carbocycles. The monoisotopic (exact) mass is 553 g/mol. The van der Waals surface area contributed by atoms with E-state index in [9.17, 15) is 14.4 Å². The number of carbonyl (C=O) groups excluding carboxylic acids is 3. The lowest BCUT2D eigenvalue weighted by Crippen LogP contribution is -2.58. The largest absolute Gasteiger partial charge is 0.488 e. The van der Waals surface area contributed by atoms with Gasteiger partial charge in [0.15, 0.2) is 12.4 Å². The van der Waals surface area contributed by atoms with Crippen LogP contribution in [0.25, 0.3) is 11.0 Å². The lowest BCUT2D eigenvalue weighted by molar-refractivity contribution is -0.123. The number of hydrogen-bond acceptors (Lipinski definition) is 6. The lowest BCUT2D eigenvalue weighted by Gasteiger charge is -2.38. The maximum atomic E-state index is 13.6. The molecule has 3 aliphatic heterocycles. The summed E-state index contributed by atoms with van der Waals surface area (Å²) in [4.78, 5) is 41.2. The zero-order valence-corrected chi connectivity index (χ0v) is 22.9. The van der Waals surface area contributed by atoms with E-state index in [0.717, 1.165) is 22.1 Å². The Bertz CT molecular complexity index is 1630. The Labute approximate surface area is 237 Å². The van der Waals surface area contributed by atoms with Crippen molar-refractivity contribution in [2.75, 3.05) is 19.7 Å². The number of amides is 3. The summed E-state index contributed by atoms with van der Waals surface area (Å²) in [6.07, 6.45) is 0.137. The van der Waals surface area contributed by atoms with Crippen LogP contribution in [0.1, 0.15) is 44.0 Å². The number of para-hydroxylation sites is 1. The standard InChI is InChI=1S/C32H31N3O6/c1-19-7-10-22-15-28(19)39-18-29(36)33-16-21-8-11-23(12-9-21)40-27-13-14-35(17-25(27)34-31(22)37)32(38)30-20(2)24-5-3-4-6-26(24)41-30/h3-12,15,25,27H,13-14,16-18H2,1-2H3,(H,33,36)(H,34,37)/t25-,27-/m0/s1. The molecule has 2 atom stereocenters. The van der Waals surface area contributed by atoms with Crippen LogP contribution in [-0.4, -0.2) is 54.5 Å². The van der Waals surface area contributed by atoms with Crippen LogP contribution in [0.4, 0.5) is 0 Å². The highest BCUT2D eigenvalue weighted by Crippen LogP contribution is 2.28. The SMILES string of the molecule is Cc1ccc2cc1OCC(=O)NCc1ccc(cc1)O[C@H]1CCN(C(=O)c3oc4ccccc4c3C)C[C@@H]1NC2=O. The second kappa shape index (κ2) is 11.0. The molecule has 0 spiro atoms. The summed E-state index contributed by atoms with van der Waals surface area (Å²) in [5.74, 6) is 0.589. The molecule has 2 N–H and O–H groups in total. The number of nitrogens with one attached hydrogen (secondary N) is 2. The highest BCUT2D eigenvalue weighted by atomic mass is 16.5. The van der Waals surface area contributed by atoms with Gasteiger partial charge in [-0.2, -0.15) is 0 Å². The number of carbonyl (C=O) groups is 3. The van der Waals surface area contributed by atoms with Crippen LogP contribution in [0.15, 0.2) is 71.1 Å². The van der Waals surface area contributed by atoms with Crippen molar-refractivity contribution in [2.45, 2.75) is 39.0 Å². The first-order valence-electron chi connectivity index (χ1n) is 13.7. The van der Waals surface area contributed by atoms with E-state index in [-0.39, 0.29) is 37.0 Å². The van der Waals surface area contributed by atoms with Gasteiger partial charge in [0.1, 0.15) is 23.2 Å². The number of furan rings is 1. The molecule has 3 amide bonds. The van der Waals surface area contributed by atoms with Gasteiger partial charge in [0.25, 0.3) is 17.7 Å². The molecule has 4 aromatic rings. The Morgan fingerprint density at radius 1 is 1.00 bits per heavy atom. The van der Waals surface area contributed by atoms with Gasteiger partial charge in [-0.3, -0.25) is 14.4 Å². The molecule has 1 saturated heterocycles. The van der Waals surface area contributed by atoms with Crippen LogP contribution in [0.5, 0.6) is 11.5 Å². The Kier molecular flexibility index (Phi) is 7.09. The van der Waals surface area contributed by atoms with Gasteiger partial charge < -0.3 is 29.4 Å². The van der Waals surface area contributed by atoms with Crippen molar-refractivity contribution in [1.29, 1.82) is 0 Å². The number of rotatable bonds is 1. The fourth-order valence-electron chi connectivity index (χ4n) is 5.32. The fourth-order valence-corrected chi connectivity index (χ4v) is 5.32. The van der Waals surface area contributed by atoms with E-state index in [1.165, 1.54) is 0 Å². The van der Waals surface area contributed by atoms with Crippen LogP contribution in [0.2, 0.25) is 0 Å². The van der Waals surface area contributed by atoms with Crippen LogP contribution in [0, 0.1) is 13.8 Å². The molecule has 4 heterocycles. The lowest BCUT2D eigenvalue weighted by atomic mass is 10.00. The van der Waals surface area contributed by atoms with E-state index in [1.807, 2.05) is 62.4 Å². The molecule has 0 unspecified atom stereocenters. The van der Waals surface area contributed by atoms with Crippen molar-refractivity contribution in [3.05, 3.63) is 94.7 Å². The maximum Gasteiger partial charge on any atom is 0.289 e. The topological polar surface area (TPSA) is 110 Å². The summed E-state index contributed by atoms with van der Waals surface area (Å²) >= 11 is 0. The molecule has 210 valence electrons. The van der Waals surface area contributed by atoms with Crippen molar-refractivity contribution in [3.8, 4) is 11.5 Å². The molecule has 3 aliphatic rings. The predicted molar refractivity (Wildman–Crippen MR) is 152 cm³/mol. The van der Waals surface area contributed by atoms with Crippen molar-refractivity contribution < 1.29 is 28.3 Å². The Morgan fingerprint density at radius 2 is 1.80 bits per heavy atom. The minimum atomic E-state index is -0.492. The molecule has 9 heteroatoms. The smallest absolute Gasteiger partial charge is 0.289 e. The highest BCUT2D eigenvalue weighted by molar-refractivity contribution is 5.99. The molecular weight excluding hydrogens is 522 g/mol. The van der Waals surface area contributed by atoms with E-state index in [4.69, 9.17) is 13.9 Å². The molecule has 1 fully saturated rings. The van der Waals surface area contributed by atoms with Crippen molar-refractivity contribution >= 4 is 28.7 Å². The number of aryl methyl sites for hydroxylation is 2. The molecule has 41 heavy (non-hydrogen) atoms. The molecule has 0 aliphatic carbocycles. The zero-order valence-electron chi connectivity index (χ0n) is 22.9. The summed E-state index contributed by atoms with van der Waals surface area (Å²) < 4.78 is 18.1. The predicted octanol–water partition coefficient (Wildman–Crippen LogP) is 4.15. The van der Waals surface area contributed by atoms with E-state index in [1.54, 1.807) is 23.1 Å². The van der Waals surface area contributed by atoms with Gasteiger partial charge in [-0.25, -0.2) is 0 Å².